The van der Waals surface area contributed by atoms with Gasteiger partial charge < -0.3 is 19.4 Å². The smallest absolute Gasteiger partial charge is 0.407 e. The number of benzene rings is 1. The van der Waals surface area contributed by atoms with E-state index in [-0.39, 0.29) is 30.2 Å². The van der Waals surface area contributed by atoms with E-state index in [1.807, 2.05) is 51.1 Å². The van der Waals surface area contributed by atoms with Crippen molar-refractivity contribution >= 4 is 12.1 Å². The summed E-state index contributed by atoms with van der Waals surface area (Å²) in [4.78, 5) is 32.6. The minimum absolute atomic E-state index is 0.0423. The predicted octanol–water partition coefficient (Wildman–Crippen LogP) is 4.38. The molecule has 1 aromatic heterocycles. The van der Waals surface area contributed by atoms with Crippen LogP contribution in [0.2, 0.25) is 0 Å². The Labute approximate surface area is 211 Å². The van der Waals surface area contributed by atoms with E-state index < -0.39 is 5.60 Å². The average Bonchev–Trinajstić information content (AvgIpc) is 3.37. The predicted molar refractivity (Wildman–Crippen MR) is 129 cm³/mol. The Bertz CT molecular complexity index is 1060. The molecular weight excluding hydrogens is 462 g/mol. The van der Waals surface area contributed by atoms with E-state index in [1.165, 1.54) is 5.06 Å². The van der Waals surface area contributed by atoms with Crippen LogP contribution in [-0.4, -0.2) is 56.5 Å². The minimum Gasteiger partial charge on any atom is -0.444 e. The molecular formula is C26H35N5O5. The van der Waals surface area contributed by atoms with Crippen LogP contribution in [0.15, 0.2) is 34.7 Å². The molecule has 1 saturated carbocycles. The van der Waals surface area contributed by atoms with E-state index in [0.717, 1.165) is 37.7 Å². The highest BCUT2D eigenvalue weighted by molar-refractivity contribution is 5.77. The number of aromatic nitrogens is 2. The fraction of sp³-hybridized carbons (Fsp3) is 0.615. The molecule has 10 nitrogen and oxygen atoms in total. The lowest BCUT2D eigenvalue weighted by Crippen LogP contribution is -2.46. The summed E-state index contributed by atoms with van der Waals surface area (Å²) in [7, 11) is 0. The number of amides is 3. The summed E-state index contributed by atoms with van der Waals surface area (Å²) >= 11 is 0. The number of hydrogen-bond acceptors (Lipinski definition) is 7. The topological polar surface area (TPSA) is 110 Å². The van der Waals surface area contributed by atoms with Crippen molar-refractivity contribution in [1.29, 1.82) is 0 Å². The standard InChI is InChI=1S/C26H35N5O5/c1-26(2,3)36-24(32)27-19-13-18(14-19)9-12-22-28-29-23(35-22)21-11-10-20-15-30(21)25(33)31(20)34-16-17-7-5-4-6-8-17/h4-8,18-21H,9-16H2,1-3H3,(H,27,32). The molecule has 2 saturated heterocycles. The summed E-state index contributed by atoms with van der Waals surface area (Å²) in [5.74, 6) is 1.60. The Balaban J connectivity index is 1.08. The number of aryl methyl sites for hydroxylation is 1. The van der Waals surface area contributed by atoms with Crippen molar-refractivity contribution in [3.63, 3.8) is 0 Å². The second-order valence-electron chi connectivity index (χ2n) is 11.0. The Morgan fingerprint density at radius 1 is 1.17 bits per heavy atom. The average molecular weight is 498 g/mol. The fourth-order valence-electron chi connectivity index (χ4n) is 5.17. The molecule has 194 valence electrons. The maximum atomic E-state index is 13.0. The molecule has 3 amide bonds. The Kier molecular flexibility index (Phi) is 6.87. The monoisotopic (exact) mass is 497 g/mol. The maximum absolute atomic E-state index is 13.0. The van der Waals surface area contributed by atoms with Crippen LogP contribution in [-0.2, 0) is 22.6 Å². The van der Waals surface area contributed by atoms with Gasteiger partial charge in [-0.05, 0) is 64.4 Å². The summed E-state index contributed by atoms with van der Waals surface area (Å²) in [5, 5.41) is 13.0. The van der Waals surface area contributed by atoms with Crippen LogP contribution in [0.5, 0.6) is 0 Å². The quantitative estimate of drug-likeness (QED) is 0.576. The highest BCUT2D eigenvalue weighted by Gasteiger charge is 2.47. The van der Waals surface area contributed by atoms with Gasteiger partial charge in [-0.3, -0.25) is 4.84 Å². The Hall–Kier alpha value is -3.14. The molecule has 3 fully saturated rings. The van der Waals surface area contributed by atoms with Gasteiger partial charge in [-0.15, -0.1) is 10.2 Å². The molecule has 2 atom stereocenters. The van der Waals surface area contributed by atoms with Gasteiger partial charge in [0, 0.05) is 19.0 Å². The van der Waals surface area contributed by atoms with E-state index in [1.54, 1.807) is 4.90 Å². The molecule has 3 heterocycles. The number of nitrogens with zero attached hydrogens (tertiary/aromatic N) is 4. The third kappa shape index (κ3) is 5.64. The van der Waals surface area contributed by atoms with Gasteiger partial charge in [0.2, 0.25) is 11.8 Å². The Morgan fingerprint density at radius 2 is 1.94 bits per heavy atom. The first-order valence-electron chi connectivity index (χ1n) is 12.8. The summed E-state index contributed by atoms with van der Waals surface area (Å²) in [5.41, 5.74) is 0.535. The summed E-state index contributed by atoms with van der Waals surface area (Å²) < 4.78 is 11.3. The summed E-state index contributed by atoms with van der Waals surface area (Å²) in [6.45, 7) is 6.54. The van der Waals surface area contributed by atoms with Gasteiger partial charge in [-0.1, -0.05) is 30.3 Å². The summed E-state index contributed by atoms with van der Waals surface area (Å²) in [6.07, 6.45) is 4.69. The van der Waals surface area contributed by atoms with E-state index in [0.29, 0.717) is 37.3 Å². The van der Waals surface area contributed by atoms with Gasteiger partial charge in [0.05, 0.1) is 6.04 Å². The van der Waals surface area contributed by atoms with Gasteiger partial charge in [0.1, 0.15) is 18.2 Å². The SMILES string of the molecule is CC(C)(C)OC(=O)NC1CC(CCc2nnc(C3CCC4CN3C(=O)N4OCc3ccccc3)o2)C1. The van der Waals surface area contributed by atoms with Crippen molar-refractivity contribution in [1.82, 2.24) is 25.5 Å². The van der Waals surface area contributed by atoms with Crippen molar-refractivity contribution in [3.8, 4) is 0 Å². The highest BCUT2D eigenvalue weighted by Crippen LogP contribution is 2.38. The number of urea groups is 1. The second kappa shape index (κ2) is 10.1. The van der Waals surface area contributed by atoms with Crippen molar-refractivity contribution in [3.05, 3.63) is 47.7 Å². The van der Waals surface area contributed by atoms with E-state index in [9.17, 15) is 9.59 Å². The fourth-order valence-corrected chi connectivity index (χ4v) is 5.17. The van der Waals surface area contributed by atoms with Crippen LogP contribution in [0.25, 0.3) is 0 Å². The van der Waals surface area contributed by atoms with Gasteiger partial charge in [-0.25, -0.2) is 9.59 Å². The van der Waals surface area contributed by atoms with Crippen LogP contribution < -0.4 is 5.32 Å². The number of hydroxylamine groups is 2. The second-order valence-corrected chi connectivity index (χ2v) is 11.0. The molecule has 10 heteroatoms. The highest BCUT2D eigenvalue weighted by atomic mass is 16.7. The van der Waals surface area contributed by atoms with Gasteiger partial charge in [0.15, 0.2) is 0 Å². The van der Waals surface area contributed by atoms with Crippen molar-refractivity contribution in [2.45, 2.75) is 89.6 Å². The first-order valence-corrected chi connectivity index (χ1v) is 12.8. The van der Waals surface area contributed by atoms with Gasteiger partial charge >= 0.3 is 12.1 Å². The van der Waals surface area contributed by atoms with Gasteiger partial charge in [0.25, 0.3) is 0 Å². The number of carbonyl (C=O) groups is 2. The number of carbonyl (C=O) groups excluding carboxylic acids is 2. The van der Waals surface area contributed by atoms with Crippen molar-refractivity contribution in [2.75, 3.05) is 6.54 Å². The number of hydrogen-bond donors (Lipinski definition) is 1. The zero-order valence-electron chi connectivity index (χ0n) is 21.2. The molecule has 2 bridgehead atoms. The van der Waals surface area contributed by atoms with Crippen LogP contribution >= 0.6 is 0 Å². The lowest BCUT2D eigenvalue weighted by atomic mass is 9.77. The normalized spacial score (nSPS) is 25.6. The third-order valence-electron chi connectivity index (χ3n) is 7.03. The van der Waals surface area contributed by atoms with E-state index in [4.69, 9.17) is 14.0 Å². The molecule has 2 aromatic rings. The molecule has 1 aromatic carbocycles. The zero-order chi connectivity index (χ0) is 25.3. The number of nitrogens with one attached hydrogen (secondary N) is 1. The molecule has 0 radical (unpaired) electrons. The number of piperidine rings is 1. The van der Waals surface area contributed by atoms with Crippen molar-refractivity contribution < 1.29 is 23.6 Å². The van der Waals surface area contributed by atoms with E-state index >= 15 is 0 Å². The molecule has 0 spiro atoms. The lowest BCUT2D eigenvalue weighted by molar-refractivity contribution is -0.140. The largest absolute Gasteiger partial charge is 0.444 e. The molecule has 3 aliphatic rings. The molecule has 5 rings (SSSR count). The minimum atomic E-state index is -0.491. The first-order chi connectivity index (χ1) is 17.2. The molecule has 1 N–H and O–H groups in total. The molecule has 2 unspecified atom stereocenters. The third-order valence-corrected chi connectivity index (χ3v) is 7.03. The number of rotatable bonds is 8. The number of ether oxygens (including phenoxy) is 1. The maximum Gasteiger partial charge on any atom is 0.407 e. The van der Waals surface area contributed by atoms with Crippen LogP contribution in [0.4, 0.5) is 9.59 Å². The van der Waals surface area contributed by atoms with Crippen LogP contribution in [0.3, 0.4) is 0 Å². The summed E-state index contributed by atoms with van der Waals surface area (Å²) in [6, 6.07) is 9.68. The van der Waals surface area contributed by atoms with Crippen LogP contribution in [0, 0.1) is 5.92 Å². The molecule has 1 aliphatic carbocycles. The van der Waals surface area contributed by atoms with Crippen molar-refractivity contribution in [2.24, 2.45) is 5.92 Å². The first kappa shape index (κ1) is 24.5. The molecule has 36 heavy (non-hydrogen) atoms. The zero-order valence-corrected chi connectivity index (χ0v) is 21.2. The van der Waals surface area contributed by atoms with Crippen LogP contribution in [0.1, 0.15) is 76.3 Å². The Morgan fingerprint density at radius 3 is 2.69 bits per heavy atom. The van der Waals surface area contributed by atoms with E-state index in [2.05, 4.69) is 15.5 Å². The van der Waals surface area contributed by atoms with Gasteiger partial charge in [-0.2, -0.15) is 5.06 Å². The number of fused-ring (bicyclic) bond motifs is 2. The number of alkyl carbamates (subject to hydrolysis) is 1. The lowest BCUT2D eigenvalue weighted by Gasteiger charge is -2.36. The molecule has 2 aliphatic heterocycles.